The van der Waals surface area contributed by atoms with Crippen LogP contribution in [0.2, 0.25) is 0 Å². The summed E-state index contributed by atoms with van der Waals surface area (Å²) in [5.74, 6) is 0.835. The lowest BCUT2D eigenvalue weighted by Crippen LogP contribution is -2.49. The van der Waals surface area contributed by atoms with Crippen LogP contribution >= 0.6 is 0 Å². The minimum atomic E-state index is 0.00405. The summed E-state index contributed by atoms with van der Waals surface area (Å²) < 4.78 is 6.02. The number of nitrogens with one attached hydrogen (secondary N) is 1. The minimum absolute atomic E-state index is 0.00405. The van der Waals surface area contributed by atoms with E-state index < -0.39 is 0 Å². The zero-order chi connectivity index (χ0) is 16.2. The van der Waals surface area contributed by atoms with Crippen molar-refractivity contribution in [2.75, 3.05) is 26.2 Å². The standard InChI is InChI=1S/C19H28N2O2/c1-14-5-3-4-6-17(14)18-12-21(15(2)13-23-18)19(22)11-16-7-9-20-10-8-16/h3-6,15-16,18,20H,7-13H2,1-2H3/t15-,18-/m0/s1. The summed E-state index contributed by atoms with van der Waals surface area (Å²) in [5, 5.41) is 3.37. The Labute approximate surface area is 139 Å². The summed E-state index contributed by atoms with van der Waals surface area (Å²) in [5.41, 5.74) is 2.44. The van der Waals surface area contributed by atoms with Gasteiger partial charge in [-0.25, -0.2) is 0 Å². The molecule has 2 saturated heterocycles. The number of aryl methyl sites for hydroxylation is 1. The van der Waals surface area contributed by atoms with Crippen LogP contribution in [0.5, 0.6) is 0 Å². The monoisotopic (exact) mass is 316 g/mol. The van der Waals surface area contributed by atoms with Crippen molar-refractivity contribution < 1.29 is 9.53 Å². The molecule has 1 amide bonds. The molecule has 126 valence electrons. The van der Waals surface area contributed by atoms with Gasteiger partial charge in [0.1, 0.15) is 6.10 Å². The molecule has 23 heavy (non-hydrogen) atoms. The van der Waals surface area contributed by atoms with E-state index in [4.69, 9.17) is 4.74 Å². The quantitative estimate of drug-likeness (QED) is 0.932. The minimum Gasteiger partial charge on any atom is -0.370 e. The maximum Gasteiger partial charge on any atom is 0.223 e. The highest BCUT2D eigenvalue weighted by molar-refractivity contribution is 5.77. The van der Waals surface area contributed by atoms with Gasteiger partial charge in [-0.15, -0.1) is 0 Å². The number of hydrogen-bond donors (Lipinski definition) is 1. The van der Waals surface area contributed by atoms with Crippen LogP contribution in [-0.2, 0) is 9.53 Å². The van der Waals surface area contributed by atoms with E-state index in [0.717, 1.165) is 25.9 Å². The normalized spacial score (nSPS) is 26.3. The summed E-state index contributed by atoms with van der Waals surface area (Å²) in [6.45, 7) is 7.59. The largest absolute Gasteiger partial charge is 0.370 e. The zero-order valence-corrected chi connectivity index (χ0v) is 14.3. The Morgan fingerprint density at radius 2 is 2.04 bits per heavy atom. The van der Waals surface area contributed by atoms with Gasteiger partial charge in [-0.1, -0.05) is 24.3 Å². The molecule has 2 atom stereocenters. The average Bonchev–Trinajstić information content (AvgIpc) is 2.57. The van der Waals surface area contributed by atoms with Gasteiger partial charge >= 0.3 is 0 Å². The van der Waals surface area contributed by atoms with Crippen LogP contribution in [0, 0.1) is 12.8 Å². The molecule has 0 spiro atoms. The van der Waals surface area contributed by atoms with Crippen LogP contribution in [0.3, 0.4) is 0 Å². The molecule has 2 aliphatic heterocycles. The van der Waals surface area contributed by atoms with Crippen molar-refractivity contribution in [2.45, 2.75) is 45.3 Å². The fraction of sp³-hybridized carbons (Fsp3) is 0.632. The van der Waals surface area contributed by atoms with Crippen molar-refractivity contribution in [3.63, 3.8) is 0 Å². The van der Waals surface area contributed by atoms with Gasteiger partial charge in [0, 0.05) is 6.42 Å². The lowest BCUT2D eigenvalue weighted by Gasteiger charge is -2.39. The number of piperidine rings is 1. The third-order valence-electron chi connectivity index (χ3n) is 5.21. The van der Waals surface area contributed by atoms with Gasteiger partial charge in [-0.3, -0.25) is 4.79 Å². The third-order valence-corrected chi connectivity index (χ3v) is 5.21. The first kappa shape index (κ1) is 16.5. The van der Waals surface area contributed by atoms with Gasteiger partial charge < -0.3 is 15.0 Å². The van der Waals surface area contributed by atoms with Gasteiger partial charge in [-0.2, -0.15) is 0 Å². The van der Waals surface area contributed by atoms with Crippen LogP contribution in [-0.4, -0.2) is 43.1 Å². The van der Waals surface area contributed by atoms with Gasteiger partial charge in [-0.05, 0) is 56.8 Å². The third kappa shape index (κ3) is 3.93. The lowest BCUT2D eigenvalue weighted by atomic mass is 9.93. The van der Waals surface area contributed by atoms with E-state index in [-0.39, 0.29) is 12.1 Å². The van der Waals surface area contributed by atoms with E-state index >= 15 is 0 Å². The summed E-state index contributed by atoms with van der Waals surface area (Å²) in [6.07, 6.45) is 2.92. The number of rotatable bonds is 3. The van der Waals surface area contributed by atoms with Crippen molar-refractivity contribution in [3.8, 4) is 0 Å². The highest BCUT2D eigenvalue weighted by Crippen LogP contribution is 2.28. The van der Waals surface area contributed by atoms with Crippen molar-refractivity contribution in [1.29, 1.82) is 0 Å². The highest BCUT2D eigenvalue weighted by Gasteiger charge is 2.32. The number of carbonyl (C=O) groups excluding carboxylic acids is 1. The number of hydrogen-bond acceptors (Lipinski definition) is 3. The van der Waals surface area contributed by atoms with E-state index in [1.165, 1.54) is 11.1 Å². The molecular weight excluding hydrogens is 288 g/mol. The van der Waals surface area contributed by atoms with E-state index in [1.54, 1.807) is 0 Å². The number of benzene rings is 1. The van der Waals surface area contributed by atoms with Crippen LogP contribution in [0.25, 0.3) is 0 Å². The zero-order valence-electron chi connectivity index (χ0n) is 14.3. The highest BCUT2D eigenvalue weighted by atomic mass is 16.5. The molecule has 0 aliphatic carbocycles. The Morgan fingerprint density at radius 1 is 1.30 bits per heavy atom. The second-order valence-electron chi connectivity index (χ2n) is 6.97. The SMILES string of the molecule is Cc1ccccc1[C@@H]1CN(C(=O)CC2CCNCC2)[C@@H](C)CO1. The maximum absolute atomic E-state index is 12.8. The molecule has 0 unspecified atom stereocenters. The van der Waals surface area contributed by atoms with E-state index in [1.807, 2.05) is 17.0 Å². The number of amides is 1. The van der Waals surface area contributed by atoms with E-state index in [0.29, 0.717) is 31.4 Å². The topological polar surface area (TPSA) is 41.6 Å². The van der Waals surface area contributed by atoms with Gasteiger partial charge in [0.25, 0.3) is 0 Å². The van der Waals surface area contributed by atoms with Crippen molar-refractivity contribution in [1.82, 2.24) is 10.2 Å². The predicted octanol–water partition coefficient (Wildman–Crippen LogP) is 2.67. The molecule has 0 radical (unpaired) electrons. The summed E-state index contributed by atoms with van der Waals surface area (Å²) >= 11 is 0. The van der Waals surface area contributed by atoms with Crippen LogP contribution in [0.1, 0.15) is 43.4 Å². The van der Waals surface area contributed by atoms with E-state index in [2.05, 4.69) is 31.3 Å². The molecule has 4 nitrogen and oxygen atoms in total. The Morgan fingerprint density at radius 3 is 2.78 bits per heavy atom. The Kier molecular flexibility index (Phi) is 5.34. The molecule has 2 fully saturated rings. The second kappa shape index (κ2) is 7.45. The summed E-state index contributed by atoms with van der Waals surface area (Å²) in [6, 6.07) is 8.49. The van der Waals surface area contributed by atoms with Crippen LogP contribution in [0.15, 0.2) is 24.3 Å². The first-order valence-corrected chi connectivity index (χ1v) is 8.82. The number of carbonyl (C=O) groups is 1. The van der Waals surface area contributed by atoms with E-state index in [9.17, 15) is 4.79 Å². The predicted molar refractivity (Wildman–Crippen MR) is 91.3 cm³/mol. The fourth-order valence-corrected chi connectivity index (χ4v) is 3.69. The van der Waals surface area contributed by atoms with Crippen molar-refractivity contribution in [2.24, 2.45) is 5.92 Å². The van der Waals surface area contributed by atoms with Crippen LogP contribution < -0.4 is 5.32 Å². The summed E-state index contributed by atoms with van der Waals surface area (Å²) in [4.78, 5) is 14.8. The molecule has 1 aromatic carbocycles. The van der Waals surface area contributed by atoms with Gasteiger partial charge in [0.2, 0.25) is 5.91 Å². The number of morpholine rings is 1. The molecule has 1 aromatic rings. The first-order valence-electron chi connectivity index (χ1n) is 8.82. The first-order chi connectivity index (χ1) is 11.1. The summed E-state index contributed by atoms with van der Waals surface area (Å²) in [7, 11) is 0. The molecule has 2 heterocycles. The van der Waals surface area contributed by atoms with Crippen molar-refractivity contribution in [3.05, 3.63) is 35.4 Å². The molecule has 0 saturated carbocycles. The molecule has 3 rings (SSSR count). The second-order valence-corrected chi connectivity index (χ2v) is 6.97. The van der Waals surface area contributed by atoms with Crippen molar-refractivity contribution >= 4 is 5.91 Å². The van der Waals surface area contributed by atoms with Gasteiger partial charge in [0.05, 0.1) is 19.2 Å². The Hall–Kier alpha value is -1.39. The molecule has 4 heteroatoms. The number of ether oxygens (including phenoxy) is 1. The molecule has 0 bridgehead atoms. The Balaban J connectivity index is 1.65. The number of nitrogens with zero attached hydrogens (tertiary/aromatic N) is 1. The Bertz CT molecular complexity index is 540. The molecular formula is C19H28N2O2. The molecule has 2 aliphatic rings. The average molecular weight is 316 g/mol. The van der Waals surface area contributed by atoms with Gasteiger partial charge in [0.15, 0.2) is 0 Å². The maximum atomic E-state index is 12.8. The molecule has 1 N–H and O–H groups in total. The van der Waals surface area contributed by atoms with Crippen LogP contribution in [0.4, 0.5) is 0 Å². The lowest BCUT2D eigenvalue weighted by molar-refractivity contribution is -0.145. The molecule has 0 aromatic heterocycles. The fourth-order valence-electron chi connectivity index (χ4n) is 3.69. The smallest absolute Gasteiger partial charge is 0.223 e.